The summed E-state index contributed by atoms with van der Waals surface area (Å²) in [7, 11) is 3.54. The SMILES string of the molecule is COCc1nc(C2(OC)CCCC2)sc1CNC(C)C. The van der Waals surface area contributed by atoms with Gasteiger partial charge < -0.3 is 14.8 Å². The highest BCUT2D eigenvalue weighted by Gasteiger charge is 2.39. The second kappa shape index (κ2) is 6.98. The number of nitrogens with one attached hydrogen (secondary N) is 1. The van der Waals surface area contributed by atoms with Crippen molar-refractivity contribution in [1.82, 2.24) is 10.3 Å². The highest BCUT2D eigenvalue weighted by Crippen LogP contribution is 2.43. The van der Waals surface area contributed by atoms with Gasteiger partial charge in [-0.25, -0.2) is 4.98 Å². The minimum atomic E-state index is -0.150. The van der Waals surface area contributed by atoms with Gasteiger partial charge in [0.05, 0.1) is 12.3 Å². The van der Waals surface area contributed by atoms with Crippen molar-refractivity contribution >= 4 is 11.3 Å². The molecule has 20 heavy (non-hydrogen) atoms. The van der Waals surface area contributed by atoms with Crippen LogP contribution in [0.25, 0.3) is 0 Å². The van der Waals surface area contributed by atoms with E-state index in [1.165, 1.54) is 17.7 Å². The molecule has 1 N–H and O–H groups in total. The van der Waals surface area contributed by atoms with Gasteiger partial charge in [0.1, 0.15) is 10.6 Å². The van der Waals surface area contributed by atoms with Gasteiger partial charge in [0.2, 0.25) is 0 Å². The predicted molar refractivity (Wildman–Crippen MR) is 82.0 cm³/mol. The summed E-state index contributed by atoms with van der Waals surface area (Å²) in [5, 5.41) is 4.60. The zero-order valence-electron chi connectivity index (χ0n) is 13.0. The first kappa shape index (κ1) is 15.9. The van der Waals surface area contributed by atoms with Crippen LogP contribution in [-0.4, -0.2) is 25.2 Å². The second-order valence-electron chi connectivity index (χ2n) is 5.76. The summed E-state index contributed by atoms with van der Waals surface area (Å²) in [6.45, 7) is 5.75. The maximum atomic E-state index is 5.84. The lowest BCUT2D eigenvalue weighted by molar-refractivity contribution is -0.00911. The first-order valence-electron chi connectivity index (χ1n) is 7.38. The number of nitrogens with zero attached hydrogens (tertiary/aromatic N) is 1. The third kappa shape index (κ3) is 3.39. The number of rotatable bonds is 7. The summed E-state index contributed by atoms with van der Waals surface area (Å²) >= 11 is 1.78. The van der Waals surface area contributed by atoms with Crippen LogP contribution in [0.15, 0.2) is 0 Å². The van der Waals surface area contributed by atoms with Gasteiger partial charge in [-0.3, -0.25) is 0 Å². The Morgan fingerprint density at radius 3 is 2.55 bits per heavy atom. The van der Waals surface area contributed by atoms with Crippen LogP contribution in [0, 0.1) is 0 Å². The van der Waals surface area contributed by atoms with Crippen molar-refractivity contribution in [3.8, 4) is 0 Å². The van der Waals surface area contributed by atoms with Crippen molar-refractivity contribution < 1.29 is 9.47 Å². The Morgan fingerprint density at radius 2 is 2.00 bits per heavy atom. The molecule has 0 spiro atoms. The first-order valence-corrected chi connectivity index (χ1v) is 8.19. The number of aromatic nitrogens is 1. The molecule has 1 aliphatic rings. The van der Waals surface area contributed by atoms with Crippen LogP contribution in [0.4, 0.5) is 0 Å². The molecule has 0 bridgehead atoms. The van der Waals surface area contributed by atoms with Crippen LogP contribution >= 0.6 is 11.3 Å². The summed E-state index contributed by atoms with van der Waals surface area (Å²) in [5.41, 5.74) is 0.910. The predicted octanol–water partition coefficient (Wildman–Crippen LogP) is 3.20. The largest absolute Gasteiger partial charge is 0.378 e. The average molecular weight is 298 g/mol. The maximum absolute atomic E-state index is 5.84. The lowest BCUT2D eigenvalue weighted by Gasteiger charge is -2.24. The Balaban J connectivity index is 2.23. The summed E-state index contributed by atoms with van der Waals surface area (Å²) in [6.07, 6.45) is 4.63. The molecule has 1 heterocycles. The van der Waals surface area contributed by atoms with Crippen molar-refractivity contribution in [3.63, 3.8) is 0 Å². The van der Waals surface area contributed by atoms with Gasteiger partial charge in [-0.2, -0.15) is 0 Å². The van der Waals surface area contributed by atoms with Crippen molar-refractivity contribution in [3.05, 3.63) is 15.6 Å². The van der Waals surface area contributed by atoms with Gasteiger partial charge in [-0.05, 0) is 12.8 Å². The van der Waals surface area contributed by atoms with E-state index in [2.05, 4.69) is 19.2 Å². The molecule has 2 rings (SSSR count). The first-order chi connectivity index (χ1) is 9.61. The van der Waals surface area contributed by atoms with E-state index in [4.69, 9.17) is 14.5 Å². The summed E-state index contributed by atoms with van der Waals surface area (Å²) < 4.78 is 11.1. The number of hydrogen-bond acceptors (Lipinski definition) is 5. The third-order valence-corrected chi connectivity index (χ3v) is 5.20. The van der Waals surface area contributed by atoms with Gasteiger partial charge >= 0.3 is 0 Å². The van der Waals surface area contributed by atoms with Gasteiger partial charge in [0.25, 0.3) is 0 Å². The van der Waals surface area contributed by atoms with E-state index < -0.39 is 0 Å². The van der Waals surface area contributed by atoms with Crippen LogP contribution in [0.2, 0.25) is 0 Å². The average Bonchev–Trinajstić information content (AvgIpc) is 3.04. The molecule has 5 heteroatoms. The summed E-state index contributed by atoms with van der Waals surface area (Å²) in [6, 6.07) is 0.471. The molecular weight excluding hydrogens is 272 g/mol. The van der Waals surface area contributed by atoms with Crippen LogP contribution in [0.3, 0.4) is 0 Å². The molecule has 1 aliphatic carbocycles. The number of thiazole rings is 1. The smallest absolute Gasteiger partial charge is 0.125 e. The Kier molecular flexibility index (Phi) is 5.55. The normalized spacial score (nSPS) is 18.1. The Bertz CT molecular complexity index is 426. The fourth-order valence-corrected chi connectivity index (χ4v) is 3.95. The zero-order chi connectivity index (χ0) is 14.6. The van der Waals surface area contributed by atoms with E-state index in [1.807, 2.05) is 7.11 Å². The minimum absolute atomic E-state index is 0.150. The summed E-state index contributed by atoms with van der Waals surface area (Å²) in [5.74, 6) is 0. The molecule has 0 unspecified atom stereocenters. The molecule has 1 aromatic heterocycles. The van der Waals surface area contributed by atoms with Gasteiger partial charge in [-0.1, -0.05) is 26.7 Å². The number of methoxy groups -OCH3 is 2. The molecule has 1 saturated carbocycles. The Morgan fingerprint density at radius 1 is 1.30 bits per heavy atom. The van der Waals surface area contributed by atoms with Gasteiger partial charge in [0, 0.05) is 31.7 Å². The molecule has 0 amide bonds. The van der Waals surface area contributed by atoms with Crippen LogP contribution in [0.1, 0.15) is 55.1 Å². The fourth-order valence-electron chi connectivity index (χ4n) is 2.71. The molecule has 1 aromatic rings. The van der Waals surface area contributed by atoms with Crippen LogP contribution < -0.4 is 5.32 Å². The molecule has 0 radical (unpaired) electrons. The Labute approximate surface area is 125 Å². The molecular formula is C15H26N2O2S. The van der Waals surface area contributed by atoms with Gasteiger partial charge in [0.15, 0.2) is 0 Å². The van der Waals surface area contributed by atoms with Crippen molar-refractivity contribution in [1.29, 1.82) is 0 Å². The minimum Gasteiger partial charge on any atom is -0.378 e. The van der Waals surface area contributed by atoms with E-state index in [0.29, 0.717) is 12.6 Å². The quantitative estimate of drug-likeness (QED) is 0.839. The Hall–Kier alpha value is -0.490. The molecule has 1 fully saturated rings. The van der Waals surface area contributed by atoms with E-state index in [9.17, 15) is 0 Å². The lowest BCUT2D eigenvalue weighted by atomic mass is 10.0. The molecule has 0 atom stereocenters. The van der Waals surface area contributed by atoms with Crippen molar-refractivity contribution in [2.24, 2.45) is 0 Å². The zero-order valence-corrected chi connectivity index (χ0v) is 13.8. The van der Waals surface area contributed by atoms with E-state index in [-0.39, 0.29) is 5.60 Å². The fraction of sp³-hybridized carbons (Fsp3) is 0.800. The second-order valence-corrected chi connectivity index (χ2v) is 6.85. The topological polar surface area (TPSA) is 43.4 Å². The molecule has 114 valence electrons. The van der Waals surface area contributed by atoms with Crippen LogP contribution in [0.5, 0.6) is 0 Å². The number of ether oxygens (including phenoxy) is 2. The molecule has 0 aliphatic heterocycles. The standard InChI is InChI=1S/C15H26N2O2S/c1-11(2)16-9-13-12(10-18-3)17-14(20-13)15(19-4)7-5-6-8-15/h11,16H,5-10H2,1-4H3. The van der Waals surface area contributed by atoms with E-state index in [1.54, 1.807) is 18.4 Å². The van der Waals surface area contributed by atoms with E-state index in [0.717, 1.165) is 30.1 Å². The molecule has 0 aromatic carbocycles. The van der Waals surface area contributed by atoms with Gasteiger partial charge in [-0.15, -0.1) is 11.3 Å². The highest BCUT2D eigenvalue weighted by atomic mass is 32.1. The molecule has 4 nitrogen and oxygen atoms in total. The van der Waals surface area contributed by atoms with Crippen molar-refractivity contribution in [2.45, 2.75) is 64.3 Å². The van der Waals surface area contributed by atoms with E-state index >= 15 is 0 Å². The van der Waals surface area contributed by atoms with Crippen LogP contribution in [-0.2, 0) is 28.2 Å². The molecule has 0 saturated heterocycles. The third-order valence-electron chi connectivity index (χ3n) is 3.92. The maximum Gasteiger partial charge on any atom is 0.125 e. The number of hydrogen-bond donors (Lipinski definition) is 1. The highest BCUT2D eigenvalue weighted by molar-refractivity contribution is 7.11. The summed E-state index contributed by atoms with van der Waals surface area (Å²) in [4.78, 5) is 6.11. The monoisotopic (exact) mass is 298 g/mol. The van der Waals surface area contributed by atoms with Crippen molar-refractivity contribution in [2.75, 3.05) is 14.2 Å². The lowest BCUT2D eigenvalue weighted by Crippen LogP contribution is -2.24.